The Balaban J connectivity index is 1.66. The molecule has 2 aromatic carbocycles. The van der Waals surface area contributed by atoms with Gasteiger partial charge >= 0.3 is 11.9 Å². The van der Waals surface area contributed by atoms with Gasteiger partial charge in [0.15, 0.2) is 0 Å². The van der Waals surface area contributed by atoms with Gasteiger partial charge in [-0.15, -0.1) is 0 Å². The lowest BCUT2D eigenvalue weighted by molar-refractivity contribution is 0.0686. The van der Waals surface area contributed by atoms with Crippen molar-refractivity contribution in [3.8, 4) is 0 Å². The molecular weight excluding hydrogens is 396 g/mol. The monoisotopic (exact) mass is 408 g/mol. The van der Waals surface area contributed by atoms with Crippen LogP contribution in [0.5, 0.6) is 0 Å². The summed E-state index contributed by atoms with van der Waals surface area (Å²) in [7, 11) is 2.99. The fourth-order valence-electron chi connectivity index (χ4n) is 2.72. The van der Waals surface area contributed by atoms with Gasteiger partial charge in [-0.2, -0.15) is 0 Å². The number of carboxylic acid groups (broad SMARTS) is 2. The largest absolute Gasteiger partial charge is 0.478 e. The second-order valence-corrected chi connectivity index (χ2v) is 8.09. The van der Waals surface area contributed by atoms with Gasteiger partial charge in [0.25, 0.3) is 0 Å². The van der Waals surface area contributed by atoms with Gasteiger partial charge in [0.1, 0.15) is 0 Å². The molecule has 0 amide bonds. The van der Waals surface area contributed by atoms with Gasteiger partial charge in [-0.1, -0.05) is 45.9 Å². The Labute approximate surface area is 167 Å². The number of benzene rings is 2. The zero-order chi connectivity index (χ0) is 19.7. The Bertz CT molecular complexity index is 1150. The smallest absolute Gasteiger partial charge is 0.337 e. The Morgan fingerprint density at radius 3 is 1.54 bits per heavy atom. The van der Waals surface area contributed by atoms with Gasteiger partial charge in [0.2, 0.25) is 0 Å². The van der Waals surface area contributed by atoms with Gasteiger partial charge in [-0.05, 0) is 24.3 Å². The summed E-state index contributed by atoms with van der Waals surface area (Å²) in [5, 5.41) is 19.8. The van der Waals surface area contributed by atoms with Crippen molar-refractivity contribution < 1.29 is 19.8 Å². The molecule has 0 aliphatic rings. The second kappa shape index (κ2) is 7.49. The molecule has 0 fully saturated rings. The summed E-state index contributed by atoms with van der Waals surface area (Å²) in [6.45, 7) is 0. The first-order valence-electron chi connectivity index (χ1n) is 8.11. The van der Waals surface area contributed by atoms with E-state index in [9.17, 15) is 9.59 Å². The van der Waals surface area contributed by atoms with Crippen LogP contribution in [0, 0.1) is 0 Å². The Hall–Kier alpha value is -3.10. The molecule has 0 radical (unpaired) electrons. The SMILES string of the molecule is O=C(O)c1cnc2c(SSc3cccc4cc(C(=O)O)cnc34)cccc2c1. The third-order valence-corrected chi connectivity index (χ3v) is 6.49. The highest BCUT2D eigenvalue weighted by atomic mass is 33.1. The quantitative estimate of drug-likeness (QED) is 0.446. The molecule has 0 spiro atoms. The zero-order valence-electron chi connectivity index (χ0n) is 14.2. The average Bonchev–Trinajstić information content (AvgIpc) is 2.71. The van der Waals surface area contributed by atoms with Crippen LogP contribution >= 0.6 is 21.6 Å². The van der Waals surface area contributed by atoms with Crippen LogP contribution in [0.15, 0.2) is 70.7 Å². The van der Waals surface area contributed by atoms with Crippen molar-refractivity contribution in [2.45, 2.75) is 9.79 Å². The first kappa shape index (κ1) is 18.3. The number of rotatable bonds is 5. The van der Waals surface area contributed by atoms with Gasteiger partial charge in [0, 0.05) is 33.0 Å². The minimum atomic E-state index is -1.01. The first-order chi connectivity index (χ1) is 13.5. The van der Waals surface area contributed by atoms with Crippen molar-refractivity contribution in [2.75, 3.05) is 0 Å². The summed E-state index contributed by atoms with van der Waals surface area (Å²) in [5.41, 5.74) is 1.75. The maximum absolute atomic E-state index is 11.1. The van der Waals surface area contributed by atoms with E-state index in [-0.39, 0.29) is 11.1 Å². The van der Waals surface area contributed by atoms with Crippen LogP contribution in [-0.2, 0) is 0 Å². The fourth-order valence-corrected chi connectivity index (χ4v) is 5.02. The van der Waals surface area contributed by atoms with E-state index in [1.54, 1.807) is 12.1 Å². The Morgan fingerprint density at radius 1 is 0.714 bits per heavy atom. The van der Waals surface area contributed by atoms with Crippen LogP contribution in [0.4, 0.5) is 0 Å². The van der Waals surface area contributed by atoms with Crippen molar-refractivity contribution >= 4 is 55.3 Å². The van der Waals surface area contributed by atoms with E-state index in [0.717, 1.165) is 31.6 Å². The van der Waals surface area contributed by atoms with Crippen LogP contribution < -0.4 is 0 Å². The van der Waals surface area contributed by atoms with E-state index < -0.39 is 11.9 Å². The minimum Gasteiger partial charge on any atom is -0.478 e. The molecule has 0 bridgehead atoms. The molecule has 0 atom stereocenters. The van der Waals surface area contributed by atoms with Crippen LogP contribution in [0.3, 0.4) is 0 Å². The van der Waals surface area contributed by atoms with E-state index in [2.05, 4.69) is 9.97 Å². The minimum absolute atomic E-state index is 0.148. The topological polar surface area (TPSA) is 100 Å². The first-order valence-corrected chi connectivity index (χ1v) is 10.3. The number of carboxylic acids is 2. The molecule has 0 aliphatic heterocycles. The molecule has 4 rings (SSSR count). The highest BCUT2D eigenvalue weighted by Gasteiger charge is 2.11. The van der Waals surface area contributed by atoms with Crippen LogP contribution in [0.2, 0.25) is 0 Å². The molecule has 2 N–H and O–H groups in total. The van der Waals surface area contributed by atoms with Crippen molar-refractivity contribution in [3.63, 3.8) is 0 Å². The fraction of sp³-hybridized carbons (Fsp3) is 0. The predicted molar refractivity (Wildman–Crippen MR) is 109 cm³/mol. The average molecular weight is 408 g/mol. The Kier molecular flexibility index (Phi) is 4.89. The molecule has 0 saturated heterocycles. The standard InChI is InChI=1S/C20H12N2O4S2/c23-19(24)13-7-11-3-1-5-15(17(11)21-9-13)27-28-16-6-2-4-12-8-14(20(25)26)10-22-18(12)16/h1-10H,(H,23,24)(H,25,26). The number of carbonyl (C=O) groups is 2. The lowest BCUT2D eigenvalue weighted by atomic mass is 10.1. The van der Waals surface area contributed by atoms with Gasteiger partial charge < -0.3 is 10.2 Å². The third kappa shape index (κ3) is 3.51. The summed E-state index contributed by atoms with van der Waals surface area (Å²) in [5.74, 6) is -2.02. The second-order valence-electron chi connectivity index (χ2n) is 5.88. The summed E-state index contributed by atoms with van der Waals surface area (Å²) in [6, 6.07) is 14.4. The molecule has 2 heterocycles. The molecule has 8 heteroatoms. The summed E-state index contributed by atoms with van der Waals surface area (Å²) in [4.78, 5) is 32.7. The van der Waals surface area contributed by atoms with E-state index in [1.165, 1.54) is 34.0 Å². The zero-order valence-corrected chi connectivity index (χ0v) is 15.8. The number of hydrogen-bond donors (Lipinski definition) is 2. The molecule has 0 aliphatic carbocycles. The van der Waals surface area contributed by atoms with E-state index in [0.29, 0.717) is 0 Å². The number of aromatic nitrogens is 2. The van der Waals surface area contributed by atoms with Crippen molar-refractivity contribution in [2.24, 2.45) is 0 Å². The van der Waals surface area contributed by atoms with Crippen molar-refractivity contribution in [1.29, 1.82) is 0 Å². The maximum atomic E-state index is 11.1. The molecule has 6 nitrogen and oxygen atoms in total. The molecule has 4 aromatic rings. The summed E-state index contributed by atoms with van der Waals surface area (Å²) < 4.78 is 0. The van der Waals surface area contributed by atoms with E-state index >= 15 is 0 Å². The number of hydrogen-bond acceptors (Lipinski definition) is 6. The lowest BCUT2D eigenvalue weighted by Crippen LogP contribution is -1.97. The highest BCUT2D eigenvalue weighted by molar-refractivity contribution is 8.76. The highest BCUT2D eigenvalue weighted by Crippen LogP contribution is 2.42. The predicted octanol–water partition coefficient (Wildman–Crippen LogP) is 4.98. The molecule has 138 valence electrons. The molecular formula is C20H12N2O4S2. The maximum Gasteiger partial charge on any atom is 0.337 e. The van der Waals surface area contributed by atoms with E-state index in [4.69, 9.17) is 10.2 Å². The van der Waals surface area contributed by atoms with E-state index in [1.807, 2.05) is 36.4 Å². The molecule has 0 saturated carbocycles. The van der Waals surface area contributed by atoms with Crippen LogP contribution in [-0.4, -0.2) is 32.1 Å². The number of para-hydroxylation sites is 2. The Morgan fingerprint density at radius 2 is 1.14 bits per heavy atom. The van der Waals surface area contributed by atoms with Crippen molar-refractivity contribution in [1.82, 2.24) is 9.97 Å². The van der Waals surface area contributed by atoms with Crippen molar-refractivity contribution in [3.05, 3.63) is 72.1 Å². The molecule has 28 heavy (non-hydrogen) atoms. The van der Waals surface area contributed by atoms with Gasteiger partial charge in [-0.3, -0.25) is 9.97 Å². The van der Waals surface area contributed by atoms with Crippen LogP contribution in [0.25, 0.3) is 21.8 Å². The molecule has 2 aromatic heterocycles. The summed E-state index contributed by atoms with van der Waals surface area (Å²) >= 11 is 0. The van der Waals surface area contributed by atoms with Crippen LogP contribution in [0.1, 0.15) is 20.7 Å². The number of nitrogens with zero attached hydrogens (tertiary/aromatic N) is 2. The van der Waals surface area contributed by atoms with Gasteiger partial charge in [-0.25, -0.2) is 9.59 Å². The summed E-state index contributed by atoms with van der Waals surface area (Å²) in [6.07, 6.45) is 2.71. The number of fused-ring (bicyclic) bond motifs is 2. The third-order valence-electron chi connectivity index (χ3n) is 4.06. The normalized spacial score (nSPS) is 11.0. The lowest BCUT2D eigenvalue weighted by Gasteiger charge is -2.08. The molecule has 0 unspecified atom stereocenters. The number of pyridine rings is 2. The number of aromatic carboxylic acids is 2. The van der Waals surface area contributed by atoms with Gasteiger partial charge in [0.05, 0.1) is 22.2 Å².